The fourth-order valence-electron chi connectivity index (χ4n) is 1.52. The van der Waals surface area contributed by atoms with Gasteiger partial charge in [0.2, 0.25) is 5.91 Å². The quantitative estimate of drug-likeness (QED) is 0.751. The highest BCUT2D eigenvalue weighted by Gasteiger charge is 2.13. The monoisotopic (exact) mass is 313 g/mol. The van der Waals surface area contributed by atoms with Gasteiger partial charge in [-0.25, -0.2) is 13.2 Å². The molecule has 1 amide bonds. The summed E-state index contributed by atoms with van der Waals surface area (Å²) < 4.78 is 27.2. The third kappa shape index (κ3) is 6.09. The first-order valence-electron chi connectivity index (χ1n) is 5.78. The van der Waals surface area contributed by atoms with Gasteiger partial charge in [-0.05, 0) is 23.8 Å². The fraction of sp³-hybridized carbons (Fsp3) is 0.231. The average molecular weight is 313 g/mol. The van der Waals surface area contributed by atoms with Gasteiger partial charge in [-0.3, -0.25) is 4.79 Å². The molecule has 0 radical (unpaired) electrons. The number of carboxylic acids is 1. The molecular weight excluding hydrogens is 298 g/mol. The third-order valence-corrected chi connectivity index (χ3v) is 3.10. The van der Waals surface area contributed by atoms with E-state index >= 15 is 0 Å². The van der Waals surface area contributed by atoms with Gasteiger partial charge in [0.25, 0.3) is 0 Å². The summed E-state index contributed by atoms with van der Waals surface area (Å²) in [6.45, 7) is 0. The number of carbonyl (C=O) groups excluding carboxylic acids is 1. The molecule has 0 aliphatic heterocycles. The van der Waals surface area contributed by atoms with Crippen molar-refractivity contribution in [3.05, 3.63) is 29.8 Å². The van der Waals surface area contributed by atoms with E-state index in [0.29, 0.717) is 11.3 Å². The summed E-state index contributed by atoms with van der Waals surface area (Å²) in [5.41, 5.74) is 0.784. The summed E-state index contributed by atoms with van der Waals surface area (Å²) in [5, 5.41) is 11.0. The molecule has 1 rings (SSSR count). The van der Waals surface area contributed by atoms with Gasteiger partial charge in [0.05, 0.1) is 12.8 Å². The second-order valence-corrected chi connectivity index (χ2v) is 6.39. The Bertz CT molecular complexity index is 678. The Balaban J connectivity index is 3.00. The zero-order valence-electron chi connectivity index (χ0n) is 11.5. The van der Waals surface area contributed by atoms with Gasteiger partial charge in [-0.2, -0.15) is 0 Å². The zero-order chi connectivity index (χ0) is 16.0. The molecule has 7 nitrogen and oxygen atoms in total. The van der Waals surface area contributed by atoms with Crippen LogP contribution in [0, 0.1) is 0 Å². The minimum absolute atomic E-state index is 0.263. The minimum Gasteiger partial charge on any atom is -0.495 e. The Labute approximate surface area is 122 Å². The lowest BCUT2D eigenvalue weighted by Crippen LogP contribution is -2.22. The van der Waals surface area contributed by atoms with Crippen LogP contribution in [0.2, 0.25) is 0 Å². The normalized spacial score (nSPS) is 11.3. The molecule has 0 bridgehead atoms. The van der Waals surface area contributed by atoms with Crippen molar-refractivity contribution in [3.63, 3.8) is 0 Å². The van der Waals surface area contributed by atoms with Crippen LogP contribution in [-0.2, 0) is 19.4 Å². The first kappa shape index (κ1) is 16.7. The van der Waals surface area contributed by atoms with Crippen LogP contribution in [0.4, 0.5) is 5.69 Å². The zero-order valence-corrected chi connectivity index (χ0v) is 12.3. The second-order valence-electron chi connectivity index (χ2n) is 4.25. The Morgan fingerprint density at radius 1 is 1.38 bits per heavy atom. The van der Waals surface area contributed by atoms with Gasteiger partial charge in [-0.15, -0.1) is 0 Å². The van der Waals surface area contributed by atoms with Crippen molar-refractivity contribution in [3.8, 4) is 5.75 Å². The third-order valence-electron chi connectivity index (χ3n) is 2.31. The number of hydrogen-bond acceptors (Lipinski definition) is 5. The van der Waals surface area contributed by atoms with Crippen LogP contribution in [0.15, 0.2) is 24.3 Å². The average Bonchev–Trinajstić information content (AvgIpc) is 2.34. The minimum atomic E-state index is -3.44. The molecule has 0 spiro atoms. The van der Waals surface area contributed by atoms with E-state index in [9.17, 15) is 18.0 Å². The van der Waals surface area contributed by atoms with Crippen molar-refractivity contribution >= 4 is 33.5 Å². The predicted molar refractivity (Wildman–Crippen MR) is 78.0 cm³/mol. The maximum atomic E-state index is 11.6. The summed E-state index contributed by atoms with van der Waals surface area (Å²) in [4.78, 5) is 22.1. The number of hydrogen-bond donors (Lipinski definition) is 2. The maximum absolute atomic E-state index is 11.6. The van der Waals surface area contributed by atoms with E-state index in [2.05, 4.69) is 5.32 Å². The topological polar surface area (TPSA) is 110 Å². The lowest BCUT2D eigenvalue weighted by atomic mass is 10.1. The first-order chi connectivity index (χ1) is 9.71. The smallest absolute Gasteiger partial charge is 0.328 e. The Morgan fingerprint density at radius 3 is 2.57 bits per heavy atom. The number of ether oxygens (including phenoxy) is 1. The highest BCUT2D eigenvalue weighted by Crippen LogP contribution is 2.26. The maximum Gasteiger partial charge on any atom is 0.328 e. The van der Waals surface area contributed by atoms with E-state index in [0.717, 1.165) is 12.3 Å². The molecule has 0 saturated heterocycles. The molecule has 0 heterocycles. The molecule has 21 heavy (non-hydrogen) atoms. The van der Waals surface area contributed by atoms with Crippen molar-refractivity contribution in [1.82, 2.24) is 0 Å². The van der Waals surface area contributed by atoms with Gasteiger partial charge >= 0.3 is 5.97 Å². The van der Waals surface area contributed by atoms with E-state index in [1.165, 1.54) is 25.3 Å². The number of carboxylic acid groups (broad SMARTS) is 1. The van der Waals surface area contributed by atoms with Crippen molar-refractivity contribution in [1.29, 1.82) is 0 Å². The van der Waals surface area contributed by atoms with E-state index in [1.54, 1.807) is 6.07 Å². The fourth-order valence-corrected chi connectivity index (χ4v) is 2.07. The van der Waals surface area contributed by atoms with Crippen LogP contribution >= 0.6 is 0 Å². The number of methoxy groups -OCH3 is 1. The molecule has 114 valence electrons. The lowest BCUT2D eigenvalue weighted by molar-refractivity contribution is -0.131. The molecule has 0 saturated carbocycles. The first-order valence-corrected chi connectivity index (χ1v) is 7.84. The number of carbonyl (C=O) groups is 2. The molecule has 8 heteroatoms. The SMILES string of the molecule is COc1ccc(C=CC(=O)O)cc1NC(=O)CS(C)(=O)=O. The molecule has 2 N–H and O–H groups in total. The number of nitrogens with one attached hydrogen (secondary N) is 1. The summed E-state index contributed by atoms with van der Waals surface area (Å²) in [6, 6.07) is 4.63. The molecular formula is C13H15NO6S. The molecule has 0 aliphatic rings. The molecule has 0 unspecified atom stereocenters. The van der Waals surface area contributed by atoms with E-state index < -0.39 is 27.5 Å². The van der Waals surface area contributed by atoms with Gasteiger partial charge in [0.15, 0.2) is 9.84 Å². The predicted octanol–water partition coefficient (Wildman–Crippen LogP) is 0.776. The molecule has 1 aromatic rings. The van der Waals surface area contributed by atoms with Crippen molar-refractivity contribution in [2.75, 3.05) is 24.4 Å². The summed E-state index contributed by atoms with van der Waals surface area (Å²) in [7, 11) is -2.04. The molecule has 1 aromatic carbocycles. The van der Waals surface area contributed by atoms with Crippen LogP contribution in [0.3, 0.4) is 0 Å². The largest absolute Gasteiger partial charge is 0.495 e. The Hall–Kier alpha value is -2.35. The molecule has 0 aliphatic carbocycles. The van der Waals surface area contributed by atoms with Crippen LogP contribution < -0.4 is 10.1 Å². The molecule has 0 atom stereocenters. The highest BCUT2D eigenvalue weighted by atomic mass is 32.2. The molecule has 0 fully saturated rings. The van der Waals surface area contributed by atoms with Crippen LogP contribution in [0.1, 0.15) is 5.56 Å². The summed E-state index contributed by atoms with van der Waals surface area (Å²) >= 11 is 0. The number of sulfone groups is 1. The standard InChI is InChI=1S/C13H15NO6S/c1-20-11-5-3-9(4-6-13(16)17)7-10(11)14-12(15)8-21(2,18)19/h3-7H,8H2,1-2H3,(H,14,15)(H,16,17). The summed E-state index contributed by atoms with van der Waals surface area (Å²) in [6.07, 6.45) is 3.24. The van der Waals surface area contributed by atoms with E-state index in [1.807, 2.05) is 0 Å². The number of anilines is 1. The van der Waals surface area contributed by atoms with Gasteiger partial charge < -0.3 is 15.2 Å². The number of amides is 1. The Morgan fingerprint density at radius 2 is 2.05 bits per heavy atom. The van der Waals surface area contributed by atoms with Crippen LogP contribution in [0.5, 0.6) is 5.75 Å². The van der Waals surface area contributed by atoms with Crippen molar-refractivity contribution < 1.29 is 27.9 Å². The Kier molecular flexibility index (Phi) is 5.48. The van der Waals surface area contributed by atoms with Gasteiger partial charge in [0.1, 0.15) is 11.5 Å². The van der Waals surface area contributed by atoms with Gasteiger partial charge in [0, 0.05) is 12.3 Å². The molecule has 0 aromatic heterocycles. The number of aliphatic carboxylic acids is 1. The summed E-state index contributed by atoms with van der Waals surface area (Å²) in [5.74, 6) is -2.11. The van der Waals surface area contributed by atoms with Crippen LogP contribution in [0.25, 0.3) is 6.08 Å². The highest BCUT2D eigenvalue weighted by molar-refractivity contribution is 7.91. The van der Waals surface area contributed by atoms with Crippen LogP contribution in [-0.4, -0.2) is 44.5 Å². The van der Waals surface area contributed by atoms with Crippen molar-refractivity contribution in [2.24, 2.45) is 0 Å². The number of benzene rings is 1. The van der Waals surface area contributed by atoms with Crippen molar-refractivity contribution in [2.45, 2.75) is 0 Å². The lowest BCUT2D eigenvalue weighted by Gasteiger charge is -2.10. The van der Waals surface area contributed by atoms with Gasteiger partial charge in [-0.1, -0.05) is 6.07 Å². The van der Waals surface area contributed by atoms with E-state index in [-0.39, 0.29) is 5.69 Å². The number of rotatable bonds is 6. The second kappa shape index (κ2) is 6.89. The van der Waals surface area contributed by atoms with E-state index in [4.69, 9.17) is 9.84 Å².